The van der Waals surface area contributed by atoms with Crippen molar-refractivity contribution in [3.05, 3.63) is 105 Å². The van der Waals surface area contributed by atoms with Gasteiger partial charge in [-0.25, -0.2) is 0 Å². The fraction of sp³-hybridized carbons (Fsp3) is 0.222. The Hall–Kier alpha value is -3.93. The highest BCUT2D eigenvalue weighted by Gasteiger charge is 2.12. The second-order valence-electron chi connectivity index (χ2n) is 8.04. The van der Waals surface area contributed by atoms with Crippen LogP contribution in [-0.2, 0) is 6.61 Å². The van der Waals surface area contributed by atoms with Crippen molar-refractivity contribution in [3.63, 3.8) is 0 Å². The van der Waals surface area contributed by atoms with Gasteiger partial charge in [0, 0.05) is 22.8 Å². The summed E-state index contributed by atoms with van der Waals surface area (Å²) in [4.78, 5) is 23.1. The van der Waals surface area contributed by atoms with Gasteiger partial charge in [-0.15, -0.1) is 0 Å². The lowest BCUT2D eigenvalue weighted by atomic mass is 10.00. The Labute approximate surface area is 193 Å². The Balaban J connectivity index is 1.73. The molecular formula is C27H27NO5. The minimum absolute atomic E-state index is 0.0515. The third-order valence-corrected chi connectivity index (χ3v) is 5.35. The molecule has 6 heteroatoms. The first-order valence-electron chi connectivity index (χ1n) is 10.7. The standard InChI is InChI=1S/C27H27NO5/c1-18(2)21-7-9-22(10-8-21)26(29)13-5-20-6-14-27(32-4)23(16-20)17-33-24-11-12-25(28(30)31)19(3)15-24/h5-16,18H,17H2,1-4H3/b13-5+. The van der Waals surface area contributed by atoms with E-state index in [-0.39, 0.29) is 18.1 Å². The van der Waals surface area contributed by atoms with Gasteiger partial charge in [0.05, 0.1) is 12.0 Å². The monoisotopic (exact) mass is 445 g/mol. The van der Waals surface area contributed by atoms with Gasteiger partial charge < -0.3 is 9.47 Å². The molecular weight excluding hydrogens is 418 g/mol. The summed E-state index contributed by atoms with van der Waals surface area (Å²) < 4.78 is 11.3. The minimum Gasteiger partial charge on any atom is -0.496 e. The quantitative estimate of drug-likeness (QED) is 0.162. The molecule has 0 spiro atoms. The molecule has 33 heavy (non-hydrogen) atoms. The number of nitro groups is 1. The highest BCUT2D eigenvalue weighted by molar-refractivity contribution is 6.06. The minimum atomic E-state index is -0.419. The van der Waals surface area contributed by atoms with Crippen LogP contribution in [0.2, 0.25) is 0 Å². The zero-order valence-corrected chi connectivity index (χ0v) is 19.2. The molecule has 0 fully saturated rings. The maximum Gasteiger partial charge on any atom is 0.272 e. The summed E-state index contributed by atoms with van der Waals surface area (Å²) in [5, 5.41) is 11.0. The van der Waals surface area contributed by atoms with Crippen LogP contribution in [0.4, 0.5) is 5.69 Å². The molecule has 0 unspecified atom stereocenters. The third kappa shape index (κ3) is 6.07. The zero-order valence-electron chi connectivity index (χ0n) is 19.2. The molecule has 3 aromatic rings. The lowest BCUT2D eigenvalue weighted by Crippen LogP contribution is -2.00. The zero-order chi connectivity index (χ0) is 24.0. The molecule has 0 aromatic heterocycles. The number of hydrogen-bond donors (Lipinski definition) is 0. The maximum atomic E-state index is 12.5. The molecule has 3 rings (SSSR count). The van der Waals surface area contributed by atoms with E-state index in [1.165, 1.54) is 11.6 Å². The fourth-order valence-corrected chi connectivity index (χ4v) is 3.40. The van der Waals surface area contributed by atoms with E-state index < -0.39 is 4.92 Å². The van der Waals surface area contributed by atoms with Gasteiger partial charge in [-0.3, -0.25) is 14.9 Å². The molecule has 0 N–H and O–H groups in total. The summed E-state index contributed by atoms with van der Waals surface area (Å²) in [6.07, 6.45) is 3.31. The molecule has 170 valence electrons. The SMILES string of the molecule is COc1ccc(/C=C/C(=O)c2ccc(C(C)C)cc2)cc1COc1ccc([N+](=O)[O-])c(C)c1. The highest BCUT2D eigenvalue weighted by atomic mass is 16.6. The van der Waals surface area contributed by atoms with Crippen LogP contribution in [0.15, 0.2) is 66.7 Å². The van der Waals surface area contributed by atoms with Gasteiger partial charge in [-0.1, -0.05) is 50.3 Å². The van der Waals surface area contributed by atoms with Crippen LogP contribution >= 0.6 is 0 Å². The Morgan fingerprint density at radius 2 is 1.79 bits per heavy atom. The number of rotatable bonds is 9. The van der Waals surface area contributed by atoms with Crippen molar-refractivity contribution in [2.24, 2.45) is 0 Å². The molecule has 0 bridgehead atoms. The van der Waals surface area contributed by atoms with Crippen molar-refractivity contribution in [2.45, 2.75) is 33.3 Å². The summed E-state index contributed by atoms with van der Waals surface area (Å²) in [6.45, 7) is 6.12. The molecule has 0 saturated carbocycles. The molecule has 0 heterocycles. The summed E-state index contributed by atoms with van der Waals surface area (Å²) >= 11 is 0. The number of nitrogens with zero attached hydrogens (tertiary/aromatic N) is 1. The predicted octanol–water partition coefficient (Wildman–Crippen LogP) is 6.51. The second-order valence-corrected chi connectivity index (χ2v) is 8.04. The average Bonchev–Trinajstić information content (AvgIpc) is 2.81. The predicted molar refractivity (Wildman–Crippen MR) is 129 cm³/mol. The van der Waals surface area contributed by atoms with E-state index in [0.29, 0.717) is 28.5 Å². The molecule has 0 saturated heterocycles. The number of ketones is 1. The number of ether oxygens (including phenoxy) is 2. The number of hydrogen-bond acceptors (Lipinski definition) is 5. The molecule has 0 aliphatic carbocycles. The van der Waals surface area contributed by atoms with Crippen LogP contribution in [-0.4, -0.2) is 17.8 Å². The Bertz CT molecular complexity index is 1180. The number of carbonyl (C=O) groups is 1. The van der Waals surface area contributed by atoms with E-state index in [9.17, 15) is 14.9 Å². The number of allylic oxidation sites excluding steroid dienone is 1. The van der Waals surface area contributed by atoms with Crippen LogP contribution in [0.25, 0.3) is 6.08 Å². The second kappa shape index (κ2) is 10.6. The van der Waals surface area contributed by atoms with Gasteiger partial charge in [-0.2, -0.15) is 0 Å². The molecule has 3 aromatic carbocycles. The molecule has 0 atom stereocenters. The van der Waals surface area contributed by atoms with E-state index in [2.05, 4.69) is 13.8 Å². The van der Waals surface area contributed by atoms with Crippen LogP contribution in [0.1, 0.15) is 52.4 Å². The van der Waals surface area contributed by atoms with Crippen LogP contribution in [0, 0.1) is 17.0 Å². The topological polar surface area (TPSA) is 78.7 Å². The Morgan fingerprint density at radius 3 is 2.39 bits per heavy atom. The smallest absolute Gasteiger partial charge is 0.272 e. The first kappa shape index (κ1) is 23.7. The Kier molecular flexibility index (Phi) is 7.61. The summed E-state index contributed by atoms with van der Waals surface area (Å²) in [5.74, 6) is 1.53. The van der Waals surface area contributed by atoms with Gasteiger partial charge in [0.2, 0.25) is 0 Å². The van der Waals surface area contributed by atoms with Crippen LogP contribution in [0.5, 0.6) is 11.5 Å². The number of nitro benzene ring substituents is 1. The number of aryl methyl sites for hydroxylation is 1. The van der Waals surface area contributed by atoms with Gasteiger partial charge in [-0.05, 0) is 54.3 Å². The van der Waals surface area contributed by atoms with Gasteiger partial charge in [0.1, 0.15) is 18.1 Å². The normalized spacial score (nSPS) is 11.1. The van der Waals surface area contributed by atoms with Crippen molar-refractivity contribution in [1.82, 2.24) is 0 Å². The van der Waals surface area contributed by atoms with Crippen molar-refractivity contribution in [1.29, 1.82) is 0 Å². The van der Waals surface area contributed by atoms with E-state index in [1.807, 2.05) is 42.5 Å². The fourth-order valence-electron chi connectivity index (χ4n) is 3.40. The number of benzene rings is 3. The van der Waals surface area contributed by atoms with Crippen molar-refractivity contribution >= 4 is 17.5 Å². The first-order valence-corrected chi connectivity index (χ1v) is 10.7. The third-order valence-electron chi connectivity index (χ3n) is 5.35. The van der Waals surface area contributed by atoms with Crippen molar-refractivity contribution in [3.8, 4) is 11.5 Å². The summed E-state index contributed by atoms with van der Waals surface area (Å²) in [5.41, 5.74) is 4.04. The molecule has 0 aliphatic heterocycles. The van der Waals surface area contributed by atoms with Crippen LogP contribution < -0.4 is 9.47 Å². The first-order chi connectivity index (χ1) is 15.8. The Morgan fingerprint density at radius 1 is 1.06 bits per heavy atom. The largest absolute Gasteiger partial charge is 0.496 e. The van der Waals surface area contributed by atoms with E-state index in [0.717, 1.165) is 11.1 Å². The number of carbonyl (C=O) groups excluding carboxylic acids is 1. The lowest BCUT2D eigenvalue weighted by Gasteiger charge is -2.12. The van der Waals surface area contributed by atoms with Gasteiger partial charge in [0.15, 0.2) is 5.78 Å². The maximum absolute atomic E-state index is 12.5. The average molecular weight is 446 g/mol. The van der Waals surface area contributed by atoms with Gasteiger partial charge in [0.25, 0.3) is 5.69 Å². The van der Waals surface area contributed by atoms with Crippen molar-refractivity contribution in [2.75, 3.05) is 7.11 Å². The van der Waals surface area contributed by atoms with Crippen LogP contribution in [0.3, 0.4) is 0 Å². The molecule has 6 nitrogen and oxygen atoms in total. The van der Waals surface area contributed by atoms with E-state index in [1.54, 1.807) is 38.3 Å². The number of methoxy groups -OCH3 is 1. The van der Waals surface area contributed by atoms with E-state index in [4.69, 9.17) is 9.47 Å². The highest BCUT2D eigenvalue weighted by Crippen LogP contribution is 2.26. The molecule has 0 aliphatic rings. The van der Waals surface area contributed by atoms with E-state index >= 15 is 0 Å². The molecule has 0 amide bonds. The summed E-state index contributed by atoms with van der Waals surface area (Å²) in [6, 6.07) is 17.9. The van der Waals surface area contributed by atoms with Gasteiger partial charge >= 0.3 is 0 Å². The molecule has 0 radical (unpaired) electrons. The van der Waals surface area contributed by atoms with Crippen molar-refractivity contribution < 1.29 is 19.2 Å². The summed E-state index contributed by atoms with van der Waals surface area (Å²) in [7, 11) is 1.58. The lowest BCUT2D eigenvalue weighted by molar-refractivity contribution is -0.385.